The van der Waals surface area contributed by atoms with E-state index in [0.29, 0.717) is 39.7 Å². The van der Waals surface area contributed by atoms with Crippen molar-refractivity contribution in [2.24, 2.45) is 5.92 Å². The number of rotatable bonds is 12. The number of halogens is 2. The van der Waals surface area contributed by atoms with E-state index in [1.807, 2.05) is 37.4 Å². The lowest BCUT2D eigenvalue weighted by molar-refractivity contribution is -0.145. The van der Waals surface area contributed by atoms with E-state index in [-0.39, 0.29) is 25.3 Å². The van der Waals surface area contributed by atoms with E-state index in [4.69, 9.17) is 37.8 Å². The average Bonchev–Trinajstić information content (AvgIpc) is 3.72. The van der Waals surface area contributed by atoms with Crippen LogP contribution in [-0.2, 0) is 20.9 Å². The minimum atomic E-state index is -1.59. The highest BCUT2D eigenvalue weighted by Gasteiger charge is 2.48. The van der Waals surface area contributed by atoms with Crippen LogP contribution in [0.4, 0.5) is 10.5 Å². The van der Waals surface area contributed by atoms with E-state index in [9.17, 15) is 24.3 Å². The summed E-state index contributed by atoms with van der Waals surface area (Å²) >= 11 is 12.6. The Hall–Kier alpha value is -5.07. The van der Waals surface area contributed by atoms with E-state index in [1.165, 1.54) is 18.2 Å². The number of carbonyl (C=O) groups is 4. The molecule has 0 radical (unpaired) electrons. The van der Waals surface area contributed by atoms with Gasteiger partial charge in [-0.3, -0.25) is 19.2 Å². The van der Waals surface area contributed by atoms with Crippen molar-refractivity contribution in [3.8, 4) is 16.9 Å². The summed E-state index contributed by atoms with van der Waals surface area (Å²) in [7, 11) is 0. The molecule has 49 heavy (non-hydrogen) atoms. The van der Waals surface area contributed by atoms with Crippen molar-refractivity contribution < 1.29 is 38.9 Å². The monoisotopic (exact) mass is 706 g/mol. The fraction of sp³-hybridized carbons (Fsp3) is 0.286. The molecule has 1 aliphatic carbocycles. The van der Waals surface area contributed by atoms with Crippen LogP contribution >= 0.6 is 23.2 Å². The lowest BCUT2D eigenvalue weighted by Gasteiger charge is -2.29. The number of fused-ring (bicyclic) bond motifs is 3. The molecule has 14 heteroatoms. The first kappa shape index (κ1) is 33.8. The van der Waals surface area contributed by atoms with Gasteiger partial charge in [-0.15, -0.1) is 0 Å². The number of carbonyl (C=O) groups excluding carboxylic acids is 2. The van der Waals surface area contributed by atoms with Crippen molar-refractivity contribution in [3.63, 3.8) is 0 Å². The van der Waals surface area contributed by atoms with Crippen molar-refractivity contribution in [2.75, 3.05) is 24.7 Å². The average molecular weight is 708 g/mol. The Labute approximate surface area is 291 Å². The molecule has 1 aromatic heterocycles. The molecule has 3 aromatic carbocycles. The van der Waals surface area contributed by atoms with Crippen molar-refractivity contribution in [1.82, 2.24) is 15.1 Å². The highest BCUT2D eigenvalue weighted by atomic mass is 35.5. The molecular weight excluding hydrogens is 675 g/mol. The Bertz CT molecular complexity index is 1950. The van der Waals surface area contributed by atoms with Gasteiger partial charge in [0.25, 0.3) is 5.91 Å². The summed E-state index contributed by atoms with van der Waals surface area (Å²) in [6, 6.07) is 14.1. The van der Waals surface area contributed by atoms with Gasteiger partial charge in [0, 0.05) is 39.5 Å². The molecule has 12 nitrogen and oxygen atoms in total. The number of hydrogen-bond donors (Lipinski definition) is 3. The van der Waals surface area contributed by atoms with E-state index in [0.717, 1.165) is 34.4 Å². The zero-order chi connectivity index (χ0) is 34.8. The highest BCUT2D eigenvalue weighted by molar-refractivity contribution is 6.31. The van der Waals surface area contributed by atoms with Gasteiger partial charge in [-0.2, -0.15) is 5.10 Å². The van der Waals surface area contributed by atoms with Crippen LogP contribution in [0.2, 0.25) is 10.0 Å². The van der Waals surface area contributed by atoms with Gasteiger partial charge in [0.15, 0.2) is 0 Å². The molecule has 0 spiro atoms. The van der Waals surface area contributed by atoms with E-state index < -0.39 is 36.4 Å². The minimum absolute atomic E-state index is 0.0745. The van der Waals surface area contributed by atoms with Gasteiger partial charge in [-0.05, 0) is 78.3 Å². The number of carboxylic acids is 2. The molecule has 3 atom stereocenters. The number of amides is 2. The van der Waals surface area contributed by atoms with Gasteiger partial charge in [0.05, 0.1) is 24.8 Å². The fourth-order valence-electron chi connectivity index (χ4n) is 6.06. The summed E-state index contributed by atoms with van der Waals surface area (Å²) in [5.41, 5.74) is 5.14. The predicted octanol–water partition coefficient (Wildman–Crippen LogP) is 6.01. The number of nitrogens with one attached hydrogen (secondary N) is 1. The second-order valence-electron chi connectivity index (χ2n) is 12.0. The molecule has 2 amide bonds. The zero-order valence-electron chi connectivity index (χ0n) is 26.3. The van der Waals surface area contributed by atoms with Gasteiger partial charge in [-0.25, -0.2) is 9.59 Å². The van der Waals surface area contributed by atoms with Crippen LogP contribution in [0.5, 0.6) is 5.75 Å². The Morgan fingerprint density at radius 1 is 1.04 bits per heavy atom. The van der Waals surface area contributed by atoms with Gasteiger partial charge >= 0.3 is 18.0 Å². The molecule has 0 saturated heterocycles. The van der Waals surface area contributed by atoms with Crippen LogP contribution in [-0.4, -0.2) is 69.7 Å². The van der Waals surface area contributed by atoms with Crippen LogP contribution in [0.3, 0.4) is 0 Å². The lowest BCUT2D eigenvalue weighted by atomic mass is 9.93. The molecule has 2 heterocycles. The summed E-state index contributed by atoms with van der Waals surface area (Å²) in [6.07, 6.45) is 3.34. The highest BCUT2D eigenvalue weighted by Crippen LogP contribution is 2.57. The Morgan fingerprint density at radius 2 is 1.84 bits per heavy atom. The van der Waals surface area contributed by atoms with Gasteiger partial charge in [0.2, 0.25) is 0 Å². The third-order valence-corrected chi connectivity index (χ3v) is 9.43. The standard InChI is InChI=1S/C35H32Cl2N4O8/c1-19-26(36)5-3-7-30(19)48-10-11-49-35(47)41-18-21-13-25(21)32-24(4-2-6-29(32)41)23-15-38-40(17-23)16-22-12-20(8-9-27(22)37)33(44)39-28(34(45)46)14-31(42)43/h2-9,12,15,17,21,25,28H,10-11,13-14,16,18H2,1H3,(H,39,44)(H,42,43)(H,45,46)/t21-,25-,28-/m0/s1. The van der Waals surface area contributed by atoms with Crippen molar-refractivity contribution in [2.45, 2.75) is 38.3 Å². The topological polar surface area (TPSA) is 160 Å². The molecule has 0 bridgehead atoms. The Balaban J connectivity index is 1.15. The predicted molar refractivity (Wildman–Crippen MR) is 181 cm³/mol. The normalized spacial score (nSPS) is 16.6. The van der Waals surface area contributed by atoms with Crippen LogP contribution in [0.25, 0.3) is 11.1 Å². The molecule has 6 rings (SSSR count). The second kappa shape index (κ2) is 14.2. The van der Waals surface area contributed by atoms with Crippen LogP contribution < -0.4 is 15.0 Å². The zero-order valence-corrected chi connectivity index (χ0v) is 27.8. The summed E-state index contributed by atoms with van der Waals surface area (Å²) in [4.78, 5) is 50.2. The quantitative estimate of drug-likeness (QED) is 0.150. The molecule has 2 aliphatic rings. The molecule has 1 fully saturated rings. The van der Waals surface area contributed by atoms with Crippen molar-refractivity contribution >= 4 is 52.8 Å². The molecule has 1 saturated carbocycles. The number of anilines is 1. The van der Waals surface area contributed by atoms with Crippen molar-refractivity contribution in [3.05, 3.63) is 99.3 Å². The fourth-order valence-corrected chi connectivity index (χ4v) is 6.40. The Morgan fingerprint density at radius 3 is 2.61 bits per heavy atom. The SMILES string of the molecule is Cc1c(Cl)cccc1OCCOC(=O)N1C[C@@H]2C[C@@H]2c2c(-c3cnn(Cc4cc(C(=O)N[C@@H](CC(=O)O)C(=O)O)ccc4Cl)c3)cccc21. The van der Waals surface area contributed by atoms with E-state index >= 15 is 0 Å². The molecule has 254 valence electrons. The third kappa shape index (κ3) is 7.50. The first-order chi connectivity index (χ1) is 23.5. The largest absolute Gasteiger partial charge is 0.490 e. The number of aromatic nitrogens is 2. The van der Waals surface area contributed by atoms with E-state index in [2.05, 4.69) is 10.4 Å². The summed E-state index contributed by atoms with van der Waals surface area (Å²) in [5.74, 6) is -2.27. The number of hydrogen-bond acceptors (Lipinski definition) is 7. The molecule has 4 aromatic rings. The van der Waals surface area contributed by atoms with Crippen LogP contribution in [0.15, 0.2) is 67.0 Å². The summed E-state index contributed by atoms with van der Waals surface area (Å²) in [5, 5.41) is 26.0. The van der Waals surface area contributed by atoms with Crippen molar-refractivity contribution in [1.29, 1.82) is 0 Å². The third-order valence-electron chi connectivity index (χ3n) is 8.66. The maximum Gasteiger partial charge on any atom is 0.414 e. The summed E-state index contributed by atoms with van der Waals surface area (Å²) < 4.78 is 13.1. The first-order valence-electron chi connectivity index (χ1n) is 15.5. The number of benzene rings is 3. The molecular formula is C35H32Cl2N4O8. The lowest BCUT2D eigenvalue weighted by Crippen LogP contribution is -2.42. The van der Waals surface area contributed by atoms with E-state index in [1.54, 1.807) is 27.9 Å². The van der Waals surface area contributed by atoms with Gasteiger partial charge < -0.3 is 25.0 Å². The maximum atomic E-state index is 13.3. The number of ether oxygens (including phenoxy) is 2. The first-order valence-corrected chi connectivity index (χ1v) is 16.3. The van der Waals surface area contributed by atoms with Crippen LogP contribution in [0.1, 0.15) is 45.8 Å². The maximum absolute atomic E-state index is 13.3. The smallest absolute Gasteiger partial charge is 0.414 e. The van der Waals surface area contributed by atoms with Crippen LogP contribution in [0, 0.1) is 12.8 Å². The Kier molecular flexibility index (Phi) is 9.79. The van der Waals surface area contributed by atoms with Gasteiger partial charge in [0.1, 0.15) is 25.0 Å². The number of carboxylic acid groups (broad SMARTS) is 2. The molecule has 3 N–H and O–H groups in total. The minimum Gasteiger partial charge on any atom is -0.490 e. The second-order valence-corrected chi connectivity index (χ2v) is 12.8. The molecule has 0 unspecified atom stereocenters. The number of aliphatic carboxylic acids is 2. The number of nitrogens with zero attached hydrogens (tertiary/aromatic N) is 3. The molecule has 1 aliphatic heterocycles. The van der Waals surface area contributed by atoms with Gasteiger partial charge in [-0.1, -0.05) is 41.4 Å². The summed E-state index contributed by atoms with van der Waals surface area (Å²) in [6.45, 7) is 2.89.